The third-order valence-electron chi connectivity index (χ3n) is 5.37. The Morgan fingerprint density at radius 2 is 2.00 bits per heavy atom. The van der Waals surface area contributed by atoms with Gasteiger partial charge >= 0.3 is 6.03 Å². The molecule has 1 fully saturated rings. The average Bonchev–Trinajstić information content (AvgIpc) is 3.27. The molecule has 1 aromatic heterocycles. The molecule has 4 nitrogen and oxygen atoms in total. The van der Waals surface area contributed by atoms with Gasteiger partial charge in [0.2, 0.25) is 0 Å². The Labute approximate surface area is 164 Å². The molecule has 0 radical (unpaired) electrons. The number of carbonyl (C=O) groups excluding carboxylic acids is 1. The van der Waals surface area contributed by atoms with Gasteiger partial charge < -0.3 is 10.2 Å². The van der Waals surface area contributed by atoms with Crippen LogP contribution in [0.15, 0.2) is 42.5 Å². The van der Waals surface area contributed by atoms with Gasteiger partial charge in [-0.1, -0.05) is 42.5 Å². The standard InChI is InChI=1S/C22H25N3OS/c1-14-21(27-16(3)23-14)15(2)24-22(26)25-13-7-12-20(25)19-11-6-9-17-8-4-5-10-18(17)19/h4-6,8-11,15,20H,7,12-13H2,1-3H3,(H,24,26)/t15-,20-/m1/s1. The molecule has 2 amide bonds. The topological polar surface area (TPSA) is 45.2 Å². The largest absolute Gasteiger partial charge is 0.331 e. The van der Waals surface area contributed by atoms with Gasteiger partial charge in [-0.2, -0.15) is 0 Å². The molecular formula is C22H25N3OS. The lowest BCUT2D eigenvalue weighted by Crippen LogP contribution is -2.40. The fraction of sp³-hybridized carbons (Fsp3) is 0.364. The fourth-order valence-electron chi connectivity index (χ4n) is 4.16. The van der Waals surface area contributed by atoms with Crippen molar-refractivity contribution in [1.29, 1.82) is 0 Å². The summed E-state index contributed by atoms with van der Waals surface area (Å²) in [4.78, 5) is 20.7. The third kappa shape index (κ3) is 3.44. The van der Waals surface area contributed by atoms with Crippen LogP contribution in [-0.4, -0.2) is 22.5 Å². The quantitative estimate of drug-likeness (QED) is 0.651. The van der Waals surface area contributed by atoms with Gasteiger partial charge in [0.05, 0.1) is 22.8 Å². The minimum atomic E-state index is -0.0301. The maximum atomic E-state index is 13.1. The summed E-state index contributed by atoms with van der Waals surface area (Å²) in [5.74, 6) is 0. The van der Waals surface area contributed by atoms with E-state index in [1.807, 2.05) is 25.7 Å². The first kappa shape index (κ1) is 18.0. The maximum absolute atomic E-state index is 13.1. The molecule has 0 spiro atoms. The highest BCUT2D eigenvalue weighted by Gasteiger charge is 2.32. The van der Waals surface area contributed by atoms with E-state index in [9.17, 15) is 4.79 Å². The summed E-state index contributed by atoms with van der Waals surface area (Å²) in [5, 5.41) is 6.71. The summed E-state index contributed by atoms with van der Waals surface area (Å²) < 4.78 is 0. The second-order valence-corrected chi connectivity index (χ2v) is 8.51. The number of fused-ring (bicyclic) bond motifs is 1. The zero-order valence-corrected chi connectivity index (χ0v) is 16.8. The fourth-order valence-corrected chi connectivity index (χ4v) is 5.09. The molecule has 2 atom stereocenters. The highest BCUT2D eigenvalue weighted by Crippen LogP contribution is 2.36. The van der Waals surface area contributed by atoms with Crippen molar-refractivity contribution in [3.63, 3.8) is 0 Å². The summed E-state index contributed by atoms with van der Waals surface area (Å²) in [7, 11) is 0. The van der Waals surface area contributed by atoms with Crippen LogP contribution < -0.4 is 5.32 Å². The number of aryl methyl sites for hydroxylation is 2. The van der Waals surface area contributed by atoms with Gasteiger partial charge in [0.15, 0.2) is 0 Å². The van der Waals surface area contributed by atoms with Crippen molar-refractivity contribution < 1.29 is 4.79 Å². The number of likely N-dealkylation sites (tertiary alicyclic amines) is 1. The number of nitrogens with zero attached hydrogens (tertiary/aromatic N) is 2. The van der Waals surface area contributed by atoms with Crippen LogP contribution in [0.5, 0.6) is 0 Å². The lowest BCUT2D eigenvalue weighted by atomic mass is 9.97. The second-order valence-electron chi connectivity index (χ2n) is 7.27. The molecule has 1 saturated heterocycles. The molecule has 27 heavy (non-hydrogen) atoms. The molecule has 4 rings (SSSR count). The van der Waals surface area contributed by atoms with E-state index in [0.29, 0.717) is 0 Å². The van der Waals surface area contributed by atoms with Crippen molar-refractivity contribution in [2.24, 2.45) is 0 Å². The zero-order valence-electron chi connectivity index (χ0n) is 16.0. The van der Waals surface area contributed by atoms with Crippen LogP contribution >= 0.6 is 11.3 Å². The number of amides is 2. The molecule has 0 aliphatic carbocycles. The Morgan fingerprint density at radius 1 is 1.22 bits per heavy atom. The highest BCUT2D eigenvalue weighted by atomic mass is 32.1. The first-order valence-corrected chi connectivity index (χ1v) is 10.3. The molecular weight excluding hydrogens is 354 g/mol. The number of hydrogen-bond acceptors (Lipinski definition) is 3. The maximum Gasteiger partial charge on any atom is 0.318 e. The number of benzene rings is 2. The van der Waals surface area contributed by atoms with Crippen molar-refractivity contribution >= 4 is 28.1 Å². The lowest BCUT2D eigenvalue weighted by molar-refractivity contribution is 0.190. The summed E-state index contributed by atoms with van der Waals surface area (Å²) in [5.41, 5.74) is 2.26. The van der Waals surface area contributed by atoms with E-state index in [0.717, 1.165) is 35.0 Å². The molecule has 1 N–H and O–H groups in total. The van der Waals surface area contributed by atoms with Gasteiger partial charge in [-0.05, 0) is 49.9 Å². The van der Waals surface area contributed by atoms with Crippen LogP contribution in [-0.2, 0) is 0 Å². The van der Waals surface area contributed by atoms with Gasteiger partial charge in [0, 0.05) is 11.4 Å². The van der Waals surface area contributed by atoms with E-state index in [1.165, 1.54) is 16.3 Å². The number of aromatic nitrogens is 1. The van der Waals surface area contributed by atoms with Gasteiger partial charge in [-0.15, -0.1) is 11.3 Å². The van der Waals surface area contributed by atoms with Gasteiger partial charge in [-0.3, -0.25) is 0 Å². The highest BCUT2D eigenvalue weighted by molar-refractivity contribution is 7.11. The number of nitrogens with one attached hydrogen (secondary N) is 1. The van der Waals surface area contributed by atoms with E-state index in [1.54, 1.807) is 11.3 Å². The number of carbonyl (C=O) groups is 1. The van der Waals surface area contributed by atoms with E-state index in [-0.39, 0.29) is 18.1 Å². The molecule has 2 heterocycles. The van der Waals surface area contributed by atoms with Crippen LogP contribution in [0.1, 0.15) is 53.0 Å². The van der Waals surface area contributed by atoms with Gasteiger partial charge in [0.1, 0.15) is 0 Å². The number of hydrogen-bond donors (Lipinski definition) is 1. The van der Waals surface area contributed by atoms with Crippen LogP contribution in [0.4, 0.5) is 4.79 Å². The average molecular weight is 380 g/mol. The molecule has 140 valence electrons. The smallest absolute Gasteiger partial charge is 0.318 e. The Balaban J connectivity index is 1.57. The molecule has 0 unspecified atom stereocenters. The Kier molecular flexibility index (Phi) is 4.87. The predicted octanol–water partition coefficient (Wildman–Crippen LogP) is 5.52. The summed E-state index contributed by atoms with van der Waals surface area (Å²) in [6.45, 7) is 6.86. The Morgan fingerprint density at radius 3 is 2.78 bits per heavy atom. The van der Waals surface area contributed by atoms with Crippen molar-refractivity contribution in [3.05, 3.63) is 63.6 Å². The Bertz CT molecular complexity index is 975. The summed E-state index contributed by atoms with van der Waals surface area (Å²) >= 11 is 1.66. The van der Waals surface area contributed by atoms with Crippen molar-refractivity contribution in [2.45, 2.75) is 45.7 Å². The first-order valence-electron chi connectivity index (χ1n) is 9.53. The van der Waals surface area contributed by atoms with Crippen molar-refractivity contribution in [2.75, 3.05) is 6.54 Å². The zero-order chi connectivity index (χ0) is 19.0. The molecule has 1 aliphatic rings. The van der Waals surface area contributed by atoms with E-state index < -0.39 is 0 Å². The Hall–Kier alpha value is -2.40. The summed E-state index contributed by atoms with van der Waals surface area (Å²) in [6, 6.07) is 14.9. The van der Waals surface area contributed by atoms with Crippen LogP contribution in [0.3, 0.4) is 0 Å². The van der Waals surface area contributed by atoms with Gasteiger partial charge in [0.25, 0.3) is 0 Å². The van der Waals surface area contributed by atoms with E-state index in [2.05, 4.69) is 52.8 Å². The van der Waals surface area contributed by atoms with Crippen molar-refractivity contribution in [3.8, 4) is 0 Å². The molecule has 0 bridgehead atoms. The predicted molar refractivity (Wildman–Crippen MR) is 111 cm³/mol. The first-order chi connectivity index (χ1) is 13.0. The van der Waals surface area contributed by atoms with Crippen LogP contribution in [0, 0.1) is 13.8 Å². The van der Waals surface area contributed by atoms with Crippen LogP contribution in [0.2, 0.25) is 0 Å². The molecule has 3 aromatic rings. The number of rotatable bonds is 3. The van der Waals surface area contributed by atoms with E-state index in [4.69, 9.17) is 0 Å². The third-order valence-corrected chi connectivity index (χ3v) is 6.62. The monoisotopic (exact) mass is 379 g/mol. The lowest BCUT2D eigenvalue weighted by Gasteiger charge is -2.28. The number of thiazole rings is 1. The molecule has 1 aliphatic heterocycles. The molecule has 0 saturated carbocycles. The van der Waals surface area contributed by atoms with Crippen molar-refractivity contribution in [1.82, 2.24) is 15.2 Å². The summed E-state index contributed by atoms with van der Waals surface area (Å²) in [6.07, 6.45) is 2.04. The molecule has 5 heteroatoms. The minimum Gasteiger partial charge on any atom is -0.331 e. The number of urea groups is 1. The van der Waals surface area contributed by atoms with E-state index >= 15 is 0 Å². The van der Waals surface area contributed by atoms with Crippen LogP contribution in [0.25, 0.3) is 10.8 Å². The molecule has 2 aromatic carbocycles. The minimum absolute atomic E-state index is 0.0170. The van der Waals surface area contributed by atoms with Gasteiger partial charge in [-0.25, -0.2) is 9.78 Å². The normalized spacial score (nSPS) is 18.0. The SMILES string of the molecule is Cc1nc(C)c([C@@H](C)NC(=O)N2CCC[C@@H]2c2cccc3ccccc23)s1. The second kappa shape index (κ2) is 7.31.